The Bertz CT molecular complexity index is 1210. The van der Waals surface area contributed by atoms with E-state index < -0.39 is 0 Å². The topological polar surface area (TPSA) is 137 Å². The molecule has 10 heteroatoms. The zero-order chi connectivity index (χ0) is 25.5. The van der Waals surface area contributed by atoms with Crippen LogP contribution in [0.3, 0.4) is 0 Å². The number of urea groups is 1. The molecule has 1 atom stereocenters. The number of piperidine rings is 1. The summed E-state index contributed by atoms with van der Waals surface area (Å²) in [5.41, 5.74) is 10.0. The number of hydrogen-bond donors (Lipinski definition) is 5. The first kappa shape index (κ1) is 24.9. The zero-order valence-corrected chi connectivity index (χ0v) is 20.5. The van der Waals surface area contributed by atoms with Gasteiger partial charge in [-0.15, -0.1) is 0 Å². The van der Waals surface area contributed by atoms with Gasteiger partial charge in [-0.1, -0.05) is 18.2 Å². The van der Waals surface area contributed by atoms with Crippen LogP contribution in [0.25, 0.3) is 11.3 Å². The Labute approximate surface area is 210 Å². The molecule has 0 bridgehead atoms. The summed E-state index contributed by atoms with van der Waals surface area (Å²) in [6.07, 6.45) is 3.47. The lowest BCUT2D eigenvalue weighted by atomic mass is 10.1. The van der Waals surface area contributed by atoms with Crippen LogP contribution in [0.1, 0.15) is 28.9 Å². The monoisotopic (exact) mass is 488 g/mol. The molecule has 0 spiro atoms. The summed E-state index contributed by atoms with van der Waals surface area (Å²) >= 11 is 0. The number of nitrogen functional groups attached to an aromatic ring is 1. The SMILES string of the molecule is CN(C)c1ccc(NC(=O)NCc2cccc(-c3cnc(N)c(C(=O)NC4CCCNC4)n3)c2)cc1. The van der Waals surface area contributed by atoms with Crippen LogP contribution in [0.4, 0.5) is 22.0 Å². The largest absolute Gasteiger partial charge is 0.382 e. The van der Waals surface area contributed by atoms with Crippen LogP contribution in [-0.4, -0.2) is 55.1 Å². The normalized spacial score (nSPS) is 15.1. The minimum Gasteiger partial charge on any atom is -0.382 e. The summed E-state index contributed by atoms with van der Waals surface area (Å²) in [4.78, 5) is 35.8. The van der Waals surface area contributed by atoms with Crippen LogP contribution in [0.15, 0.2) is 54.7 Å². The van der Waals surface area contributed by atoms with Gasteiger partial charge in [0.1, 0.15) is 0 Å². The molecule has 1 aromatic heterocycles. The van der Waals surface area contributed by atoms with Gasteiger partial charge in [-0.25, -0.2) is 14.8 Å². The molecule has 1 fully saturated rings. The number of anilines is 3. The summed E-state index contributed by atoms with van der Waals surface area (Å²) in [5, 5.41) is 11.9. The first-order chi connectivity index (χ1) is 17.4. The second-order valence-electron chi connectivity index (χ2n) is 8.96. The number of carbonyl (C=O) groups is 2. The molecular weight excluding hydrogens is 456 g/mol. The maximum Gasteiger partial charge on any atom is 0.319 e. The number of hydrogen-bond acceptors (Lipinski definition) is 7. The van der Waals surface area contributed by atoms with Crippen LogP contribution in [0.2, 0.25) is 0 Å². The summed E-state index contributed by atoms with van der Waals surface area (Å²) in [6.45, 7) is 2.00. The van der Waals surface area contributed by atoms with E-state index >= 15 is 0 Å². The van der Waals surface area contributed by atoms with Crippen molar-refractivity contribution in [2.45, 2.75) is 25.4 Å². The Morgan fingerprint density at radius 1 is 1.17 bits per heavy atom. The van der Waals surface area contributed by atoms with Gasteiger partial charge in [-0.05, 0) is 55.3 Å². The fourth-order valence-electron chi connectivity index (χ4n) is 3.97. The molecule has 1 unspecified atom stereocenters. The third-order valence-corrected chi connectivity index (χ3v) is 5.97. The molecule has 0 radical (unpaired) electrons. The zero-order valence-electron chi connectivity index (χ0n) is 20.5. The number of nitrogens with zero attached hydrogens (tertiary/aromatic N) is 3. The van der Waals surface area contributed by atoms with E-state index in [1.807, 2.05) is 67.5 Å². The van der Waals surface area contributed by atoms with Gasteiger partial charge in [0.15, 0.2) is 11.5 Å². The Kier molecular flexibility index (Phi) is 7.96. The Morgan fingerprint density at radius 2 is 1.97 bits per heavy atom. The number of aromatic nitrogens is 2. The van der Waals surface area contributed by atoms with E-state index in [-0.39, 0.29) is 29.5 Å². The number of nitrogens with one attached hydrogen (secondary N) is 4. The van der Waals surface area contributed by atoms with Gasteiger partial charge < -0.3 is 31.9 Å². The lowest BCUT2D eigenvalue weighted by Crippen LogP contribution is -2.46. The molecule has 3 aromatic rings. The third-order valence-electron chi connectivity index (χ3n) is 5.97. The van der Waals surface area contributed by atoms with E-state index in [2.05, 4.69) is 31.2 Å². The first-order valence-electron chi connectivity index (χ1n) is 11.9. The lowest BCUT2D eigenvalue weighted by molar-refractivity contribution is 0.0926. The van der Waals surface area contributed by atoms with Crippen molar-refractivity contribution in [2.24, 2.45) is 0 Å². The molecule has 188 valence electrons. The molecule has 1 aliphatic heterocycles. The van der Waals surface area contributed by atoms with Gasteiger partial charge >= 0.3 is 6.03 Å². The van der Waals surface area contributed by atoms with Crippen molar-refractivity contribution >= 4 is 29.1 Å². The Hall–Kier alpha value is -4.18. The molecule has 3 amide bonds. The van der Waals surface area contributed by atoms with Crippen molar-refractivity contribution in [1.29, 1.82) is 0 Å². The molecule has 0 aliphatic carbocycles. The number of amides is 3. The maximum atomic E-state index is 12.8. The molecule has 2 heterocycles. The van der Waals surface area contributed by atoms with E-state index in [1.165, 1.54) is 0 Å². The van der Waals surface area contributed by atoms with E-state index in [0.29, 0.717) is 17.9 Å². The standard InChI is InChI=1S/C26H32N8O2/c1-34(2)21-10-8-19(9-11-21)32-26(36)30-14-17-5-3-6-18(13-17)22-16-29-24(27)23(33-22)25(35)31-20-7-4-12-28-15-20/h3,5-6,8-11,13,16,20,28H,4,7,12,14-15H2,1-2H3,(H2,27,29)(H,31,35)(H2,30,32,36). The summed E-state index contributed by atoms with van der Waals surface area (Å²) < 4.78 is 0. The fraction of sp³-hybridized carbons (Fsp3) is 0.308. The molecule has 4 rings (SSSR count). The van der Waals surface area contributed by atoms with Crippen LogP contribution < -0.4 is 31.9 Å². The predicted octanol–water partition coefficient (Wildman–Crippen LogP) is 2.60. The molecular formula is C26H32N8O2. The van der Waals surface area contributed by atoms with E-state index in [0.717, 1.165) is 42.7 Å². The van der Waals surface area contributed by atoms with Crippen molar-refractivity contribution < 1.29 is 9.59 Å². The third kappa shape index (κ3) is 6.48. The number of rotatable bonds is 7. The van der Waals surface area contributed by atoms with Crippen molar-refractivity contribution in [2.75, 3.05) is 43.1 Å². The number of carbonyl (C=O) groups excluding carboxylic acids is 2. The molecule has 1 saturated heterocycles. The van der Waals surface area contributed by atoms with Crippen LogP contribution in [0, 0.1) is 0 Å². The average Bonchev–Trinajstić information content (AvgIpc) is 2.89. The minimum atomic E-state index is -0.330. The fourth-order valence-corrected chi connectivity index (χ4v) is 3.97. The van der Waals surface area contributed by atoms with Crippen LogP contribution in [0.5, 0.6) is 0 Å². The van der Waals surface area contributed by atoms with Crippen molar-refractivity contribution in [3.63, 3.8) is 0 Å². The number of nitrogens with two attached hydrogens (primary N) is 1. The van der Waals surface area contributed by atoms with E-state index in [9.17, 15) is 9.59 Å². The molecule has 6 N–H and O–H groups in total. The van der Waals surface area contributed by atoms with E-state index in [1.54, 1.807) is 6.20 Å². The van der Waals surface area contributed by atoms with E-state index in [4.69, 9.17) is 5.73 Å². The molecule has 1 aliphatic rings. The van der Waals surface area contributed by atoms with Gasteiger partial charge in [0.25, 0.3) is 5.91 Å². The van der Waals surface area contributed by atoms with Gasteiger partial charge in [-0.2, -0.15) is 0 Å². The summed E-state index contributed by atoms with van der Waals surface area (Å²) in [7, 11) is 3.92. The number of benzene rings is 2. The minimum absolute atomic E-state index is 0.0441. The van der Waals surface area contributed by atoms with Gasteiger partial charge in [0.05, 0.1) is 11.9 Å². The summed E-state index contributed by atoms with van der Waals surface area (Å²) in [5.74, 6) is -0.239. The smallest absolute Gasteiger partial charge is 0.319 e. The predicted molar refractivity (Wildman–Crippen MR) is 142 cm³/mol. The molecule has 2 aromatic carbocycles. The Balaban J connectivity index is 1.39. The lowest BCUT2D eigenvalue weighted by Gasteiger charge is -2.23. The average molecular weight is 489 g/mol. The van der Waals surface area contributed by atoms with Gasteiger partial charge in [0.2, 0.25) is 0 Å². The highest BCUT2D eigenvalue weighted by Gasteiger charge is 2.20. The van der Waals surface area contributed by atoms with Gasteiger partial charge in [-0.3, -0.25) is 4.79 Å². The van der Waals surface area contributed by atoms with Crippen LogP contribution in [-0.2, 0) is 6.54 Å². The van der Waals surface area contributed by atoms with Crippen molar-refractivity contribution in [1.82, 2.24) is 25.9 Å². The highest BCUT2D eigenvalue weighted by Crippen LogP contribution is 2.20. The van der Waals surface area contributed by atoms with Crippen LogP contribution >= 0.6 is 0 Å². The molecule has 36 heavy (non-hydrogen) atoms. The second kappa shape index (κ2) is 11.5. The van der Waals surface area contributed by atoms with Gasteiger partial charge in [0, 0.05) is 50.2 Å². The van der Waals surface area contributed by atoms with Crippen molar-refractivity contribution in [3.05, 3.63) is 66.0 Å². The first-order valence-corrected chi connectivity index (χ1v) is 11.9. The Morgan fingerprint density at radius 3 is 2.69 bits per heavy atom. The second-order valence-corrected chi connectivity index (χ2v) is 8.96. The maximum absolute atomic E-state index is 12.8. The quantitative estimate of drug-likeness (QED) is 0.345. The van der Waals surface area contributed by atoms with Crippen molar-refractivity contribution in [3.8, 4) is 11.3 Å². The highest BCUT2D eigenvalue weighted by atomic mass is 16.2. The highest BCUT2D eigenvalue weighted by molar-refractivity contribution is 5.97. The molecule has 0 saturated carbocycles. The molecule has 10 nitrogen and oxygen atoms in total. The summed E-state index contributed by atoms with van der Waals surface area (Å²) in [6, 6.07) is 14.9.